The lowest BCUT2D eigenvalue weighted by atomic mass is 10.0. The van der Waals surface area contributed by atoms with Crippen LogP contribution in [-0.2, 0) is 9.36 Å². The van der Waals surface area contributed by atoms with Gasteiger partial charge < -0.3 is 9.88 Å². The van der Waals surface area contributed by atoms with E-state index in [1.807, 2.05) is 97.9 Å². The zero-order valence-electron chi connectivity index (χ0n) is 15.0. The van der Waals surface area contributed by atoms with Crippen LogP contribution in [0.15, 0.2) is 96.6 Å². The van der Waals surface area contributed by atoms with E-state index in [-0.39, 0.29) is 5.91 Å². The van der Waals surface area contributed by atoms with Gasteiger partial charge in [0.25, 0.3) is 5.91 Å². The molecule has 0 aromatic heterocycles. The summed E-state index contributed by atoms with van der Waals surface area (Å²) in [6.07, 6.45) is 0. The van der Waals surface area contributed by atoms with E-state index >= 15 is 0 Å². The van der Waals surface area contributed by atoms with Gasteiger partial charge in [0.2, 0.25) is 0 Å². The summed E-state index contributed by atoms with van der Waals surface area (Å²) in [7, 11) is -3.11. The van der Waals surface area contributed by atoms with Crippen molar-refractivity contribution in [1.82, 2.24) is 5.32 Å². The van der Waals surface area contributed by atoms with Gasteiger partial charge >= 0.3 is 0 Å². The Hall–Kier alpha value is -2.90. The number of hydrogen-bond donors (Lipinski definition) is 1. The summed E-state index contributed by atoms with van der Waals surface area (Å²) in [6, 6.07) is 28.5. The number of hydrogen-bond acceptors (Lipinski definition) is 2. The number of amides is 1. The van der Waals surface area contributed by atoms with E-state index in [9.17, 15) is 9.36 Å². The van der Waals surface area contributed by atoms with Crippen LogP contribution in [0, 0.1) is 0 Å². The topological polar surface area (TPSA) is 46.2 Å². The smallest absolute Gasteiger partial charge is 0.252 e. The summed E-state index contributed by atoms with van der Waals surface area (Å²) in [6.45, 7) is 1.91. The van der Waals surface area contributed by atoms with Crippen LogP contribution in [0.3, 0.4) is 0 Å². The predicted octanol–water partition coefficient (Wildman–Crippen LogP) is 3.93. The van der Waals surface area contributed by atoms with Gasteiger partial charge in [0.15, 0.2) is 7.14 Å². The van der Waals surface area contributed by atoms with Gasteiger partial charge in [-0.25, -0.2) is 0 Å². The van der Waals surface area contributed by atoms with E-state index in [0.29, 0.717) is 5.57 Å². The maximum absolute atomic E-state index is 14.5. The zero-order valence-corrected chi connectivity index (χ0v) is 15.9. The molecule has 1 heterocycles. The monoisotopic (exact) mass is 373 g/mol. The van der Waals surface area contributed by atoms with Gasteiger partial charge in [-0.3, -0.25) is 4.79 Å². The van der Waals surface area contributed by atoms with E-state index < -0.39 is 12.9 Å². The van der Waals surface area contributed by atoms with Crippen molar-refractivity contribution in [2.75, 3.05) is 0 Å². The van der Waals surface area contributed by atoms with E-state index in [1.165, 1.54) is 0 Å². The van der Waals surface area contributed by atoms with Gasteiger partial charge in [-0.1, -0.05) is 91.0 Å². The molecule has 3 aromatic carbocycles. The first-order chi connectivity index (χ1) is 13.1. The maximum Gasteiger partial charge on any atom is 0.252 e. The van der Waals surface area contributed by atoms with Crippen molar-refractivity contribution in [2.24, 2.45) is 0 Å². The average molecular weight is 373 g/mol. The van der Waals surface area contributed by atoms with Gasteiger partial charge in [0.05, 0.1) is 0 Å². The molecule has 0 radical (unpaired) electrons. The van der Waals surface area contributed by atoms with Crippen molar-refractivity contribution in [1.29, 1.82) is 0 Å². The van der Waals surface area contributed by atoms with E-state index in [2.05, 4.69) is 5.32 Å². The number of benzene rings is 3. The quantitative estimate of drug-likeness (QED) is 0.705. The fourth-order valence-electron chi connectivity index (χ4n) is 3.69. The largest absolute Gasteiger partial charge is 0.338 e. The Morgan fingerprint density at radius 1 is 0.741 bits per heavy atom. The van der Waals surface area contributed by atoms with Crippen molar-refractivity contribution < 1.29 is 9.36 Å². The Labute approximate surface area is 159 Å². The number of carbonyl (C=O) groups excluding carboxylic acids is 1. The van der Waals surface area contributed by atoms with Crippen LogP contribution in [0.4, 0.5) is 0 Å². The summed E-state index contributed by atoms with van der Waals surface area (Å²) in [5, 5.41) is 4.50. The summed E-state index contributed by atoms with van der Waals surface area (Å²) in [5.74, 6) is -0.721. The maximum atomic E-state index is 14.5. The highest BCUT2D eigenvalue weighted by Crippen LogP contribution is 2.53. The first-order valence-electron chi connectivity index (χ1n) is 8.90. The van der Waals surface area contributed by atoms with Gasteiger partial charge in [-0.15, -0.1) is 0 Å². The standard InChI is InChI=1S/C23H20NO2P/c1-17-21(18-11-5-2-6-12-18)22(25)24-23(17)27(26,19-13-7-3-8-14-19)20-15-9-4-10-16-20/h2-16,23H,1H3,(H,24,25). The minimum absolute atomic E-state index is 0.171. The molecule has 1 unspecified atom stereocenters. The zero-order chi connectivity index (χ0) is 18.9. The molecular weight excluding hydrogens is 353 g/mol. The average Bonchev–Trinajstić information content (AvgIpc) is 3.04. The number of rotatable bonds is 4. The minimum Gasteiger partial charge on any atom is -0.338 e. The molecule has 0 saturated carbocycles. The van der Waals surface area contributed by atoms with Crippen molar-refractivity contribution in [3.63, 3.8) is 0 Å². The second kappa shape index (κ2) is 7.02. The molecule has 0 spiro atoms. The van der Waals surface area contributed by atoms with Crippen molar-refractivity contribution in [3.8, 4) is 0 Å². The summed E-state index contributed by atoms with van der Waals surface area (Å²) >= 11 is 0. The van der Waals surface area contributed by atoms with E-state index in [1.54, 1.807) is 0 Å². The molecule has 134 valence electrons. The molecule has 0 aliphatic carbocycles. The fourth-order valence-corrected chi connectivity index (χ4v) is 6.79. The predicted molar refractivity (Wildman–Crippen MR) is 111 cm³/mol. The molecule has 0 bridgehead atoms. The highest BCUT2D eigenvalue weighted by Gasteiger charge is 2.44. The molecule has 1 aliphatic heterocycles. The summed E-state index contributed by atoms with van der Waals surface area (Å²) in [5.41, 5.74) is 2.29. The Balaban J connectivity index is 1.91. The Bertz CT molecular complexity index is 1000. The first-order valence-corrected chi connectivity index (χ1v) is 10.7. The lowest BCUT2D eigenvalue weighted by Crippen LogP contribution is -2.36. The molecule has 1 aliphatic rings. The molecule has 0 fully saturated rings. The third-order valence-corrected chi connectivity index (χ3v) is 8.38. The summed E-state index contributed by atoms with van der Waals surface area (Å²) in [4.78, 5) is 12.8. The molecule has 1 amide bonds. The van der Waals surface area contributed by atoms with Gasteiger partial charge in [0, 0.05) is 16.2 Å². The van der Waals surface area contributed by atoms with Gasteiger partial charge in [-0.2, -0.15) is 0 Å². The Morgan fingerprint density at radius 2 is 1.19 bits per heavy atom. The molecular formula is C23H20NO2P. The Kier molecular flexibility index (Phi) is 4.55. The normalized spacial score (nSPS) is 17.1. The summed E-state index contributed by atoms with van der Waals surface area (Å²) < 4.78 is 14.5. The van der Waals surface area contributed by atoms with Crippen LogP contribution < -0.4 is 15.9 Å². The van der Waals surface area contributed by atoms with Gasteiger partial charge in [-0.05, 0) is 18.1 Å². The van der Waals surface area contributed by atoms with E-state index in [4.69, 9.17) is 0 Å². The molecule has 4 heteroatoms. The number of nitrogens with one attached hydrogen (secondary N) is 1. The second-order valence-electron chi connectivity index (χ2n) is 6.63. The van der Waals surface area contributed by atoms with Crippen molar-refractivity contribution >= 4 is 29.2 Å². The molecule has 27 heavy (non-hydrogen) atoms. The Morgan fingerprint density at radius 3 is 1.67 bits per heavy atom. The van der Waals surface area contributed by atoms with Crippen molar-refractivity contribution in [2.45, 2.75) is 12.7 Å². The first kappa shape index (κ1) is 17.5. The molecule has 3 nitrogen and oxygen atoms in total. The van der Waals surface area contributed by atoms with Crippen LogP contribution in [0.5, 0.6) is 0 Å². The van der Waals surface area contributed by atoms with E-state index in [0.717, 1.165) is 21.7 Å². The molecule has 3 aromatic rings. The van der Waals surface area contributed by atoms with Crippen LogP contribution in [0.1, 0.15) is 12.5 Å². The second-order valence-corrected chi connectivity index (χ2v) is 9.49. The van der Waals surface area contributed by atoms with Crippen LogP contribution in [-0.4, -0.2) is 11.7 Å². The van der Waals surface area contributed by atoms with Crippen LogP contribution in [0.2, 0.25) is 0 Å². The molecule has 1 atom stereocenters. The lowest BCUT2D eigenvalue weighted by molar-refractivity contribution is -0.115. The van der Waals surface area contributed by atoms with Gasteiger partial charge in [0.1, 0.15) is 5.78 Å². The fraction of sp³-hybridized carbons (Fsp3) is 0.0870. The highest BCUT2D eigenvalue weighted by atomic mass is 31.2. The minimum atomic E-state index is -3.11. The lowest BCUT2D eigenvalue weighted by Gasteiger charge is -2.26. The SMILES string of the molecule is CC1=C(c2ccccc2)C(=O)NC1P(=O)(c1ccccc1)c1ccccc1. The van der Waals surface area contributed by atoms with Crippen molar-refractivity contribution in [3.05, 3.63) is 102 Å². The molecule has 0 saturated heterocycles. The third-order valence-electron chi connectivity index (χ3n) is 5.00. The number of carbonyl (C=O) groups is 1. The molecule has 1 N–H and O–H groups in total. The third kappa shape index (κ3) is 2.94. The van der Waals surface area contributed by atoms with Crippen LogP contribution >= 0.6 is 7.14 Å². The highest BCUT2D eigenvalue weighted by molar-refractivity contribution is 7.79. The molecule has 4 rings (SSSR count). The van der Waals surface area contributed by atoms with Crippen LogP contribution in [0.25, 0.3) is 5.57 Å².